The molecule has 6 atom stereocenters. The van der Waals surface area contributed by atoms with Crippen molar-refractivity contribution in [2.75, 3.05) is 0 Å². The average molecular weight is 364 g/mol. The lowest BCUT2D eigenvalue weighted by Gasteiger charge is -2.28. The fourth-order valence-corrected chi connectivity index (χ4v) is 4.03. The molecule has 1 aliphatic carbocycles. The van der Waals surface area contributed by atoms with Crippen LogP contribution in [0.4, 0.5) is 0 Å². The van der Waals surface area contributed by atoms with Gasteiger partial charge in [0.05, 0.1) is 11.5 Å². The highest BCUT2D eigenvalue weighted by Crippen LogP contribution is 2.49. The third-order valence-corrected chi connectivity index (χ3v) is 5.14. The van der Waals surface area contributed by atoms with Gasteiger partial charge in [0.1, 0.15) is 24.4 Å². The van der Waals surface area contributed by atoms with Gasteiger partial charge in [0.25, 0.3) is 0 Å². The van der Waals surface area contributed by atoms with E-state index in [1.165, 1.54) is 13.8 Å². The number of carbonyl (C=O) groups is 3. The molecule has 2 saturated heterocycles. The summed E-state index contributed by atoms with van der Waals surface area (Å²) in [6.07, 6.45) is 0.681. The first-order valence-corrected chi connectivity index (χ1v) is 8.70. The smallest absolute Gasteiger partial charge is 0.334 e. The Hall–Kier alpha value is -2.15. The summed E-state index contributed by atoms with van der Waals surface area (Å²) >= 11 is 0. The van der Waals surface area contributed by atoms with Crippen LogP contribution in [0.25, 0.3) is 0 Å². The van der Waals surface area contributed by atoms with E-state index in [0.717, 1.165) is 5.57 Å². The van der Waals surface area contributed by atoms with Crippen LogP contribution in [0.5, 0.6) is 0 Å². The Bertz CT molecular complexity index is 694. The Morgan fingerprint density at radius 2 is 1.92 bits per heavy atom. The first-order chi connectivity index (χ1) is 12.1. The van der Waals surface area contributed by atoms with Crippen molar-refractivity contribution in [2.24, 2.45) is 5.92 Å². The van der Waals surface area contributed by atoms with Gasteiger partial charge in [-0.05, 0) is 19.9 Å². The number of hydrogen-bond acceptors (Lipinski definition) is 7. The van der Waals surface area contributed by atoms with E-state index in [4.69, 9.17) is 18.9 Å². The van der Waals surface area contributed by atoms with E-state index in [9.17, 15) is 14.4 Å². The van der Waals surface area contributed by atoms with Crippen LogP contribution >= 0.6 is 0 Å². The first-order valence-electron chi connectivity index (χ1n) is 8.70. The summed E-state index contributed by atoms with van der Waals surface area (Å²) in [5.41, 5.74) is 0.576. The van der Waals surface area contributed by atoms with Gasteiger partial charge in [-0.3, -0.25) is 9.59 Å². The maximum Gasteiger partial charge on any atom is 0.334 e. The molecule has 2 fully saturated rings. The minimum Gasteiger partial charge on any atom is -0.459 e. The van der Waals surface area contributed by atoms with E-state index in [1.807, 2.05) is 19.9 Å². The van der Waals surface area contributed by atoms with E-state index in [-0.39, 0.29) is 5.97 Å². The van der Waals surface area contributed by atoms with E-state index < -0.39 is 47.9 Å². The number of hydrogen-bond donors (Lipinski definition) is 0. The molecular formula is C19H24O7. The van der Waals surface area contributed by atoms with Gasteiger partial charge in [0.2, 0.25) is 0 Å². The van der Waals surface area contributed by atoms with Gasteiger partial charge in [-0.15, -0.1) is 0 Å². The van der Waals surface area contributed by atoms with Crippen LogP contribution in [-0.2, 0) is 33.3 Å². The fraction of sp³-hybridized carbons (Fsp3) is 0.632. The highest BCUT2D eigenvalue weighted by Gasteiger charge is 2.63. The van der Waals surface area contributed by atoms with Crippen molar-refractivity contribution in [2.45, 2.75) is 70.6 Å². The Morgan fingerprint density at radius 1 is 1.27 bits per heavy atom. The maximum absolute atomic E-state index is 12.1. The Kier molecular flexibility index (Phi) is 4.69. The number of fused-ring (bicyclic) bond motifs is 2. The van der Waals surface area contributed by atoms with Crippen molar-refractivity contribution >= 4 is 17.9 Å². The van der Waals surface area contributed by atoms with E-state index in [1.54, 1.807) is 0 Å². The zero-order valence-corrected chi connectivity index (χ0v) is 15.4. The van der Waals surface area contributed by atoms with Gasteiger partial charge in [0, 0.05) is 32.3 Å². The van der Waals surface area contributed by atoms with Crippen molar-refractivity contribution in [1.82, 2.24) is 0 Å². The van der Waals surface area contributed by atoms with Gasteiger partial charge >= 0.3 is 17.9 Å². The predicted molar refractivity (Wildman–Crippen MR) is 89.9 cm³/mol. The summed E-state index contributed by atoms with van der Waals surface area (Å²) in [4.78, 5) is 35.2. The number of esters is 3. The van der Waals surface area contributed by atoms with Crippen molar-refractivity contribution in [1.29, 1.82) is 0 Å². The molecule has 0 aromatic rings. The van der Waals surface area contributed by atoms with E-state index in [2.05, 4.69) is 6.58 Å². The quantitative estimate of drug-likeness (QED) is 0.243. The fourth-order valence-electron chi connectivity index (χ4n) is 4.03. The number of epoxide rings is 1. The lowest BCUT2D eigenvalue weighted by molar-refractivity contribution is -0.151. The van der Waals surface area contributed by atoms with Crippen molar-refractivity contribution in [3.8, 4) is 0 Å². The van der Waals surface area contributed by atoms with Crippen LogP contribution in [-0.4, -0.2) is 47.9 Å². The standard InChI is InChI=1S/C19H24O7/c1-9-6-13(23-11(3)20)8-19(5)17(26-19)16(24-12(4)21)15-10(2)18(22)25-14(15)7-9/h6,13-17H,2,7-8H2,1,3-5H3/b9-6+/t13-,14+,15?,16?,17-,19-/m1/s1. The molecule has 0 bridgehead atoms. The molecule has 0 aromatic carbocycles. The number of ether oxygens (including phenoxy) is 4. The molecule has 7 heteroatoms. The van der Waals surface area contributed by atoms with Gasteiger partial charge in [-0.2, -0.15) is 0 Å². The Balaban J connectivity index is 1.98. The topological polar surface area (TPSA) is 91.4 Å². The lowest BCUT2D eigenvalue weighted by Crippen LogP contribution is -2.40. The van der Waals surface area contributed by atoms with Crippen LogP contribution in [0.1, 0.15) is 40.5 Å². The molecule has 0 aromatic heterocycles. The van der Waals surface area contributed by atoms with Crippen molar-refractivity contribution in [3.05, 3.63) is 23.8 Å². The van der Waals surface area contributed by atoms with Gasteiger partial charge < -0.3 is 18.9 Å². The summed E-state index contributed by atoms with van der Waals surface area (Å²) in [5, 5.41) is 0. The molecule has 26 heavy (non-hydrogen) atoms. The zero-order valence-electron chi connectivity index (χ0n) is 15.4. The minimum atomic E-state index is -0.676. The molecule has 7 nitrogen and oxygen atoms in total. The SMILES string of the molecule is C=C1C(=O)O[C@H]2C/C(C)=C/[C@@H](OC(C)=O)C[C@@]3(C)O[C@@H]3C(OC(C)=O)C12. The van der Waals surface area contributed by atoms with E-state index in [0.29, 0.717) is 18.4 Å². The summed E-state index contributed by atoms with van der Waals surface area (Å²) in [6.45, 7) is 10.3. The molecule has 142 valence electrons. The number of carbonyl (C=O) groups excluding carboxylic acids is 3. The second kappa shape index (κ2) is 6.54. The van der Waals surface area contributed by atoms with Crippen molar-refractivity contribution in [3.63, 3.8) is 0 Å². The molecule has 0 N–H and O–H groups in total. The van der Waals surface area contributed by atoms with Crippen LogP contribution in [0.3, 0.4) is 0 Å². The lowest BCUT2D eigenvalue weighted by atomic mass is 9.81. The third kappa shape index (κ3) is 3.53. The largest absolute Gasteiger partial charge is 0.459 e. The molecule has 2 heterocycles. The average Bonchev–Trinajstić information content (AvgIpc) is 3.06. The second-order valence-electron chi connectivity index (χ2n) is 7.49. The van der Waals surface area contributed by atoms with Crippen LogP contribution in [0.15, 0.2) is 23.8 Å². The zero-order chi connectivity index (χ0) is 19.2. The summed E-state index contributed by atoms with van der Waals surface area (Å²) < 4.78 is 22.3. The van der Waals surface area contributed by atoms with Crippen LogP contribution < -0.4 is 0 Å². The minimum absolute atomic E-state index is 0.295. The number of rotatable bonds is 2. The molecule has 2 aliphatic heterocycles. The molecule has 3 aliphatic rings. The Morgan fingerprint density at radius 3 is 2.54 bits per heavy atom. The highest BCUT2D eigenvalue weighted by molar-refractivity contribution is 5.91. The van der Waals surface area contributed by atoms with Gasteiger partial charge in [0.15, 0.2) is 0 Å². The molecule has 2 unspecified atom stereocenters. The predicted octanol–water partition coefficient (Wildman–Crippen LogP) is 1.85. The first kappa shape index (κ1) is 18.6. The maximum atomic E-state index is 12.1. The Labute approximate surface area is 152 Å². The summed E-state index contributed by atoms with van der Waals surface area (Å²) in [5.74, 6) is -1.79. The van der Waals surface area contributed by atoms with E-state index >= 15 is 0 Å². The molecule has 0 amide bonds. The van der Waals surface area contributed by atoms with Gasteiger partial charge in [-0.25, -0.2) is 4.79 Å². The van der Waals surface area contributed by atoms with Crippen LogP contribution in [0, 0.1) is 5.92 Å². The highest BCUT2D eigenvalue weighted by atomic mass is 16.6. The molecule has 0 radical (unpaired) electrons. The third-order valence-electron chi connectivity index (χ3n) is 5.14. The molecular weight excluding hydrogens is 340 g/mol. The summed E-state index contributed by atoms with van der Waals surface area (Å²) in [6, 6.07) is 0. The van der Waals surface area contributed by atoms with Gasteiger partial charge in [-0.1, -0.05) is 12.2 Å². The second-order valence-corrected chi connectivity index (χ2v) is 7.49. The van der Waals surface area contributed by atoms with Crippen LogP contribution in [0.2, 0.25) is 0 Å². The molecule has 0 spiro atoms. The summed E-state index contributed by atoms with van der Waals surface area (Å²) in [7, 11) is 0. The normalized spacial score (nSPS) is 41.1. The molecule has 0 saturated carbocycles. The van der Waals surface area contributed by atoms with Crippen molar-refractivity contribution < 1.29 is 33.3 Å². The molecule has 3 rings (SSSR count). The monoisotopic (exact) mass is 364 g/mol.